The van der Waals surface area contributed by atoms with Crippen molar-refractivity contribution in [2.24, 2.45) is 0 Å². The van der Waals surface area contributed by atoms with Gasteiger partial charge in [0.1, 0.15) is 0 Å². The largest absolute Gasteiger partial charge is 0.478 e. The van der Waals surface area contributed by atoms with Gasteiger partial charge in [0.25, 0.3) is 0 Å². The number of halogens is 1. The van der Waals surface area contributed by atoms with Crippen molar-refractivity contribution in [2.45, 2.75) is 6.42 Å². The summed E-state index contributed by atoms with van der Waals surface area (Å²) in [6.45, 7) is 3.26. The predicted molar refractivity (Wildman–Crippen MR) is 32.1 cm³/mol. The Morgan fingerprint density at radius 3 is 2.38 bits per heavy atom. The molecule has 0 unspecified atom stereocenters. The van der Waals surface area contributed by atoms with E-state index in [0.29, 0.717) is 12.3 Å². The first-order valence-electron chi connectivity index (χ1n) is 2.15. The lowest BCUT2D eigenvalue weighted by Gasteiger charge is -1.91. The van der Waals surface area contributed by atoms with Crippen molar-refractivity contribution in [3.05, 3.63) is 12.2 Å². The molecular formula is C5H7ClO2. The Morgan fingerprint density at radius 1 is 1.75 bits per heavy atom. The van der Waals surface area contributed by atoms with Crippen LogP contribution >= 0.6 is 11.6 Å². The Hall–Kier alpha value is -0.500. The molecule has 0 aromatic rings. The van der Waals surface area contributed by atoms with Crippen molar-refractivity contribution in [1.82, 2.24) is 0 Å². The van der Waals surface area contributed by atoms with Crippen LogP contribution in [0.4, 0.5) is 0 Å². The first-order chi connectivity index (χ1) is 3.68. The van der Waals surface area contributed by atoms with Crippen molar-refractivity contribution in [3.8, 4) is 0 Å². The highest BCUT2D eigenvalue weighted by molar-refractivity contribution is 6.18. The van der Waals surface area contributed by atoms with Crippen LogP contribution < -0.4 is 0 Å². The van der Waals surface area contributed by atoms with E-state index in [1.54, 1.807) is 0 Å². The minimum Gasteiger partial charge on any atom is -0.478 e. The minimum absolute atomic E-state index is 0.167. The van der Waals surface area contributed by atoms with E-state index in [1.165, 1.54) is 0 Å². The van der Waals surface area contributed by atoms with Gasteiger partial charge in [-0.05, 0) is 6.42 Å². The fraction of sp³-hybridized carbons (Fsp3) is 0.400. The maximum atomic E-state index is 9.93. The maximum absolute atomic E-state index is 9.93. The number of hydrogen-bond acceptors (Lipinski definition) is 1. The van der Waals surface area contributed by atoms with Crippen LogP contribution in [0.15, 0.2) is 12.2 Å². The number of carbonyl (C=O) groups is 1. The van der Waals surface area contributed by atoms with Gasteiger partial charge in [-0.25, -0.2) is 4.79 Å². The van der Waals surface area contributed by atoms with Gasteiger partial charge in [-0.2, -0.15) is 0 Å². The highest BCUT2D eigenvalue weighted by Crippen LogP contribution is 1.97. The van der Waals surface area contributed by atoms with Crippen LogP contribution in [-0.2, 0) is 4.79 Å². The molecule has 0 bridgehead atoms. The molecule has 0 heterocycles. The van der Waals surface area contributed by atoms with Gasteiger partial charge in [0.2, 0.25) is 0 Å². The van der Waals surface area contributed by atoms with Crippen molar-refractivity contribution < 1.29 is 9.90 Å². The predicted octanol–water partition coefficient (Wildman–Crippen LogP) is 1.26. The van der Waals surface area contributed by atoms with Gasteiger partial charge in [-0.3, -0.25) is 0 Å². The second-order valence-electron chi connectivity index (χ2n) is 1.35. The molecule has 0 aromatic heterocycles. The van der Waals surface area contributed by atoms with Crippen LogP contribution in [0.25, 0.3) is 0 Å². The summed E-state index contributed by atoms with van der Waals surface area (Å²) in [6, 6.07) is 0. The lowest BCUT2D eigenvalue weighted by molar-refractivity contribution is -0.132. The molecule has 0 spiro atoms. The first-order valence-corrected chi connectivity index (χ1v) is 2.69. The zero-order chi connectivity index (χ0) is 6.57. The van der Waals surface area contributed by atoms with E-state index in [9.17, 15) is 4.79 Å². The fourth-order valence-corrected chi connectivity index (χ4v) is 0.449. The number of carboxylic acids is 1. The molecule has 1 N–H and O–H groups in total. The first kappa shape index (κ1) is 7.50. The average Bonchev–Trinajstić information content (AvgIpc) is 1.67. The molecule has 2 nitrogen and oxygen atoms in total. The lowest BCUT2D eigenvalue weighted by Crippen LogP contribution is -1.98. The van der Waals surface area contributed by atoms with Gasteiger partial charge >= 0.3 is 5.97 Å². The summed E-state index contributed by atoms with van der Waals surface area (Å²) in [5.41, 5.74) is 0.167. The third-order valence-corrected chi connectivity index (χ3v) is 0.888. The van der Waals surface area contributed by atoms with Gasteiger partial charge in [-0.1, -0.05) is 6.58 Å². The molecule has 0 aliphatic rings. The van der Waals surface area contributed by atoms with E-state index in [4.69, 9.17) is 16.7 Å². The number of carboxylic acid groups (broad SMARTS) is 1. The molecule has 0 amide bonds. The van der Waals surface area contributed by atoms with Gasteiger partial charge < -0.3 is 5.11 Å². The van der Waals surface area contributed by atoms with Crippen molar-refractivity contribution in [1.29, 1.82) is 0 Å². The average molecular weight is 135 g/mol. The quantitative estimate of drug-likeness (QED) is 0.466. The van der Waals surface area contributed by atoms with E-state index >= 15 is 0 Å². The van der Waals surface area contributed by atoms with E-state index in [-0.39, 0.29) is 5.57 Å². The highest BCUT2D eigenvalue weighted by atomic mass is 35.5. The van der Waals surface area contributed by atoms with Gasteiger partial charge in [0.15, 0.2) is 0 Å². The standard InChI is InChI=1S/C5H7ClO2/c1-4(2-3-6)5(7)8/h1-3H2,(H,7,8). The van der Waals surface area contributed by atoms with Crippen LogP contribution in [0.2, 0.25) is 0 Å². The number of alkyl halides is 1. The van der Waals surface area contributed by atoms with Gasteiger partial charge in [0, 0.05) is 11.5 Å². The Balaban J connectivity index is 3.49. The number of hydrogen-bond donors (Lipinski definition) is 1. The van der Waals surface area contributed by atoms with E-state index in [2.05, 4.69) is 6.58 Å². The molecule has 0 saturated heterocycles. The third kappa shape index (κ3) is 2.64. The molecule has 0 saturated carbocycles. The lowest BCUT2D eigenvalue weighted by atomic mass is 10.2. The van der Waals surface area contributed by atoms with E-state index < -0.39 is 5.97 Å². The Morgan fingerprint density at radius 2 is 2.25 bits per heavy atom. The van der Waals surface area contributed by atoms with Gasteiger partial charge in [0.05, 0.1) is 0 Å². The zero-order valence-corrected chi connectivity index (χ0v) is 5.11. The summed E-state index contributed by atoms with van der Waals surface area (Å²) < 4.78 is 0. The van der Waals surface area contributed by atoms with Crippen LogP contribution in [0.3, 0.4) is 0 Å². The highest BCUT2D eigenvalue weighted by Gasteiger charge is 2.00. The Bertz CT molecular complexity index is 109. The Kier molecular flexibility index (Phi) is 3.28. The SMILES string of the molecule is C=C(CCCl)C(=O)O. The Labute approximate surface area is 52.8 Å². The number of aliphatic carboxylic acids is 1. The van der Waals surface area contributed by atoms with Gasteiger partial charge in [-0.15, -0.1) is 11.6 Å². The van der Waals surface area contributed by atoms with Crippen molar-refractivity contribution in [2.75, 3.05) is 5.88 Å². The van der Waals surface area contributed by atoms with E-state index in [0.717, 1.165) is 0 Å². The topological polar surface area (TPSA) is 37.3 Å². The second kappa shape index (κ2) is 3.50. The molecule has 0 rings (SSSR count). The molecule has 8 heavy (non-hydrogen) atoms. The van der Waals surface area contributed by atoms with Crippen LogP contribution in [-0.4, -0.2) is 17.0 Å². The van der Waals surface area contributed by atoms with Crippen LogP contribution in [0.5, 0.6) is 0 Å². The summed E-state index contributed by atoms with van der Waals surface area (Å²) in [4.78, 5) is 9.93. The molecule has 0 atom stereocenters. The molecule has 0 fully saturated rings. The van der Waals surface area contributed by atoms with Crippen molar-refractivity contribution >= 4 is 17.6 Å². The summed E-state index contributed by atoms with van der Waals surface area (Å²) >= 11 is 5.22. The van der Waals surface area contributed by atoms with Crippen molar-refractivity contribution in [3.63, 3.8) is 0 Å². The monoisotopic (exact) mass is 134 g/mol. The number of rotatable bonds is 3. The van der Waals surface area contributed by atoms with Crippen LogP contribution in [0, 0.1) is 0 Å². The molecule has 0 aliphatic carbocycles. The summed E-state index contributed by atoms with van der Waals surface area (Å²) in [6.07, 6.45) is 0.358. The van der Waals surface area contributed by atoms with Crippen LogP contribution in [0.1, 0.15) is 6.42 Å². The molecule has 0 radical (unpaired) electrons. The minimum atomic E-state index is -0.967. The van der Waals surface area contributed by atoms with E-state index in [1.807, 2.05) is 0 Å². The molecular weight excluding hydrogens is 128 g/mol. The summed E-state index contributed by atoms with van der Waals surface area (Å²) in [5.74, 6) is -0.642. The maximum Gasteiger partial charge on any atom is 0.330 e. The molecule has 0 aliphatic heterocycles. The molecule has 0 aromatic carbocycles. The molecule has 3 heteroatoms. The fourth-order valence-electron chi connectivity index (χ4n) is 0.221. The smallest absolute Gasteiger partial charge is 0.330 e. The second-order valence-corrected chi connectivity index (χ2v) is 1.73. The normalized spacial score (nSPS) is 8.62. The zero-order valence-electron chi connectivity index (χ0n) is 4.35. The summed E-state index contributed by atoms with van der Waals surface area (Å²) in [7, 11) is 0. The summed E-state index contributed by atoms with van der Waals surface area (Å²) in [5, 5.41) is 8.15. The third-order valence-electron chi connectivity index (χ3n) is 0.699. The molecule has 46 valence electrons.